The quantitative estimate of drug-likeness (QED) is 0.809. The molecule has 0 atom stereocenters. The first-order chi connectivity index (χ1) is 9.08. The van der Waals surface area contributed by atoms with Crippen molar-refractivity contribution >= 4 is 17.1 Å². The van der Waals surface area contributed by atoms with Crippen LogP contribution in [0.5, 0.6) is 5.75 Å². The molecule has 100 valence electrons. The van der Waals surface area contributed by atoms with Crippen LogP contribution >= 0.6 is 0 Å². The van der Waals surface area contributed by atoms with E-state index in [1.165, 1.54) is 0 Å². The van der Waals surface area contributed by atoms with Gasteiger partial charge in [0.05, 0.1) is 23.2 Å². The smallest absolute Gasteiger partial charge is 0.143 e. The highest BCUT2D eigenvalue weighted by atomic mass is 16.5. The monoisotopic (exact) mass is 256 g/mol. The Morgan fingerprint density at radius 2 is 1.79 bits per heavy atom. The Labute approximate surface area is 114 Å². The van der Waals surface area contributed by atoms with Crippen LogP contribution in [0.3, 0.4) is 0 Å². The molecule has 0 amide bonds. The minimum absolute atomic E-state index is 0.136. The van der Waals surface area contributed by atoms with Crippen LogP contribution in [0.4, 0.5) is 17.1 Å². The molecule has 2 aromatic rings. The minimum Gasteiger partial charge on any atom is -0.489 e. The van der Waals surface area contributed by atoms with Crippen LogP contribution in [0.15, 0.2) is 42.5 Å². The van der Waals surface area contributed by atoms with E-state index >= 15 is 0 Å². The predicted octanol–water partition coefficient (Wildman–Crippen LogP) is 4.11. The van der Waals surface area contributed by atoms with E-state index in [4.69, 9.17) is 10.5 Å². The van der Waals surface area contributed by atoms with Gasteiger partial charge in [0.2, 0.25) is 0 Å². The van der Waals surface area contributed by atoms with Gasteiger partial charge in [-0.3, -0.25) is 0 Å². The number of para-hydroxylation sites is 3. The molecule has 0 saturated heterocycles. The maximum Gasteiger partial charge on any atom is 0.143 e. The van der Waals surface area contributed by atoms with Gasteiger partial charge >= 0.3 is 0 Å². The summed E-state index contributed by atoms with van der Waals surface area (Å²) in [5.74, 6) is 0.833. The SMILES string of the molecule is Cc1cccc(N)c1Nc1ccccc1OC(C)C. The fraction of sp³-hybridized carbons (Fsp3) is 0.250. The predicted molar refractivity (Wildman–Crippen MR) is 81.1 cm³/mol. The second kappa shape index (κ2) is 5.65. The molecule has 3 N–H and O–H groups in total. The Balaban J connectivity index is 2.33. The first-order valence-corrected chi connectivity index (χ1v) is 6.45. The van der Waals surface area contributed by atoms with Crippen LogP contribution in [0.1, 0.15) is 19.4 Å². The van der Waals surface area contributed by atoms with E-state index in [1.807, 2.05) is 63.2 Å². The molecule has 0 aliphatic heterocycles. The lowest BCUT2D eigenvalue weighted by Crippen LogP contribution is -2.08. The first-order valence-electron chi connectivity index (χ1n) is 6.45. The van der Waals surface area contributed by atoms with Gasteiger partial charge in [0.1, 0.15) is 5.75 Å². The minimum atomic E-state index is 0.136. The molecule has 0 fully saturated rings. The normalized spacial score (nSPS) is 10.5. The van der Waals surface area contributed by atoms with Crippen LogP contribution < -0.4 is 15.8 Å². The van der Waals surface area contributed by atoms with E-state index in [-0.39, 0.29) is 6.10 Å². The van der Waals surface area contributed by atoms with Crippen LogP contribution in [-0.2, 0) is 0 Å². The van der Waals surface area contributed by atoms with Crippen LogP contribution in [0.25, 0.3) is 0 Å². The zero-order valence-corrected chi connectivity index (χ0v) is 11.6. The number of hydrogen-bond donors (Lipinski definition) is 2. The molecule has 0 aliphatic carbocycles. The lowest BCUT2D eigenvalue weighted by Gasteiger charge is -2.17. The number of nitrogens with two attached hydrogens (primary N) is 1. The molecule has 19 heavy (non-hydrogen) atoms. The third-order valence-corrected chi connectivity index (χ3v) is 2.81. The number of anilines is 3. The molecule has 0 bridgehead atoms. The maximum absolute atomic E-state index is 6.02. The van der Waals surface area contributed by atoms with Gasteiger partial charge < -0.3 is 15.8 Å². The molecule has 3 heteroatoms. The van der Waals surface area contributed by atoms with Crippen molar-refractivity contribution in [1.82, 2.24) is 0 Å². The van der Waals surface area contributed by atoms with Crippen molar-refractivity contribution in [1.29, 1.82) is 0 Å². The zero-order chi connectivity index (χ0) is 13.8. The molecule has 0 radical (unpaired) electrons. The molecule has 0 aromatic heterocycles. The van der Waals surface area contributed by atoms with Crippen molar-refractivity contribution < 1.29 is 4.74 Å². The van der Waals surface area contributed by atoms with Gasteiger partial charge in [0.15, 0.2) is 0 Å². The number of benzene rings is 2. The Hall–Kier alpha value is -2.16. The summed E-state index contributed by atoms with van der Waals surface area (Å²) < 4.78 is 5.79. The molecule has 0 unspecified atom stereocenters. The Morgan fingerprint density at radius 3 is 2.47 bits per heavy atom. The van der Waals surface area contributed by atoms with Gasteiger partial charge in [-0.2, -0.15) is 0 Å². The molecule has 0 saturated carbocycles. The van der Waals surface area contributed by atoms with Gasteiger partial charge in [-0.25, -0.2) is 0 Å². The number of nitrogens with one attached hydrogen (secondary N) is 1. The Bertz CT molecular complexity index is 544. The van der Waals surface area contributed by atoms with E-state index in [0.717, 1.165) is 28.4 Å². The summed E-state index contributed by atoms with van der Waals surface area (Å²) in [7, 11) is 0. The van der Waals surface area contributed by atoms with Crippen molar-refractivity contribution in [2.45, 2.75) is 26.9 Å². The third-order valence-electron chi connectivity index (χ3n) is 2.81. The second-order valence-electron chi connectivity index (χ2n) is 4.83. The number of nitrogen functional groups attached to an aromatic ring is 1. The topological polar surface area (TPSA) is 47.3 Å². The second-order valence-corrected chi connectivity index (χ2v) is 4.83. The van der Waals surface area contributed by atoms with Crippen molar-refractivity contribution in [3.05, 3.63) is 48.0 Å². The maximum atomic E-state index is 6.02. The van der Waals surface area contributed by atoms with Gasteiger partial charge in [-0.1, -0.05) is 24.3 Å². The van der Waals surface area contributed by atoms with Gasteiger partial charge in [-0.15, -0.1) is 0 Å². The number of rotatable bonds is 4. The molecule has 2 rings (SSSR count). The summed E-state index contributed by atoms with van der Waals surface area (Å²) in [5.41, 5.74) is 9.72. The van der Waals surface area contributed by atoms with Gasteiger partial charge in [0, 0.05) is 0 Å². The summed E-state index contributed by atoms with van der Waals surface area (Å²) in [6.45, 7) is 6.06. The van der Waals surface area contributed by atoms with Crippen LogP contribution in [0, 0.1) is 6.92 Å². The summed E-state index contributed by atoms with van der Waals surface area (Å²) in [4.78, 5) is 0. The summed E-state index contributed by atoms with van der Waals surface area (Å²) in [6.07, 6.45) is 0.136. The summed E-state index contributed by atoms with van der Waals surface area (Å²) >= 11 is 0. The van der Waals surface area contributed by atoms with Gasteiger partial charge in [-0.05, 0) is 44.5 Å². The van der Waals surface area contributed by atoms with Crippen molar-refractivity contribution in [3.63, 3.8) is 0 Å². The average molecular weight is 256 g/mol. The van der Waals surface area contributed by atoms with Crippen molar-refractivity contribution in [3.8, 4) is 5.75 Å². The highest BCUT2D eigenvalue weighted by Crippen LogP contribution is 2.32. The van der Waals surface area contributed by atoms with E-state index in [9.17, 15) is 0 Å². The molecular formula is C16H20N2O. The van der Waals surface area contributed by atoms with Crippen LogP contribution in [-0.4, -0.2) is 6.10 Å². The molecule has 2 aromatic carbocycles. The molecule has 0 spiro atoms. The first kappa shape index (κ1) is 13.3. The van der Waals surface area contributed by atoms with Crippen molar-refractivity contribution in [2.24, 2.45) is 0 Å². The van der Waals surface area contributed by atoms with E-state index in [2.05, 4.69) is 5.32 Å². The molecular weight excluding hydrogens is 236 g/mol. The molecule has 0 heterocycles. The van der Waals surface area contributed by atoms with E-state index in [1.54, 1.807) is 0 Å². The van der Waals surface area contributed by atoms with E-state index in [0.29, 0.717) is 0 Å². The van der Waals surface area contributed by atoms with E-state index < -0.39 is 0 Å². The fourth-order valence-electron chi connectivity index (χ4n) is 1.92. The number of aryl methyl sites for hydroxylation is 1. The zero-order valence-electron chi connectivity index (χ0n) is 11.6. The Kier molecular flexibility index (Phi) is 3.95. The fourth-order valence-corrected chi connectivity index (χ4v) is 1.92. The lowest BCUT2D eigenvalue weighted by molar-refractivity contribution is 0.244. The van der Waals surface area contributed by atoms with Crippen LogP contribution in [0.2, 0.25) is 0 Å². The largest absolute Gasteiger partial charge is 0.489 e. The van der Waals surface area contributed by atoms with Gasteiger partial charge in [0.25, 0.3) is 0 Å². The molecule has 0 aliphatic rings. The third kappa shape index (κ3) is 3.19. The molecule has 3 nitrogen and oxygen atoms in total. The Morgan fingerprint density at radius 1 is 1.05 bits per heavy atom. The highest BCUT2D eigenvalue weighted by Gasteiger charge is 2.08. The lowest BCUT2D eigenvalue weighted by atomic mass is 10.1. The average Bonchev–Trinajstić information content (AvgIpc) is 2.35. The summed E-state index contributed by atoms with van der Waals surface area (Å²) in [5, 5.41) is 3.36. The standard InChI is InChI=1S/C16H20N2O/c1-11(2)19-15-10-5-4-9-14(15)18-16-12(3)7-6-8-13(16)17/h4-11,18H,17H2,1-3H3. The highest BCUT2D eigenvalue weighted by molar-refractivity contribution is 5.77. The number of hydrogen-bond acceptors (Lipinski definition) is 3. The summed E-state index contributed by atoms with van der Waals surface area (Å²) in [6, 6.07) is 13.8. The number of ether oxygens (including phenoxy) is 1. The van der Waals surface area contributed by atoms with Crippen molar-refractivity contribution in [2.75, 3.05) is 11.1 Å².